The number of hydrogen-bond donors (Lipinski definition) is 0. The van der Waals surface area contributed by atoms with Gasteiger partial charge in [-0.15, -0.1) is 10.2 Å². The maximum absolute atomic E-state index is 10.9. The second-order valence-corrected chi connectivity index (χ2v) is 6.66. The lowest BCUT2D eigenvalue weighted by atomic mass is 10.2. The van der Waals surface area contributed by atoms with Gasteiger partial charge in [-0.25, -0.2) is 0 Å². The highest BCUT2D eigenvalue weighted by atomic mass is 32.2. The number of rotatable bonds is 7. The largest absolute Gasteiger partial charge is 0.416 e. The molecule has 10 heteroatoms. The fraction of sp³-hybridized carbons (Fsp3) is 0.111. The van der Waals surface area contributed by atoms with Crippen LogP contribution in [0.5, 0.6) is 0 Å². The van der Waals surface area contributed by atoms with Crippen LogP contribution in [0.2, 0.25) is 0 Å². The zero-order valence-corrected chi connectivity index (χ0v) is 15.2. The number of benzene rings is 2. The van der Waals surface area contributed by atoms with E-state index in [2.05, 4.69) is 20.3 Å². The predicted octanol–water partition coefficient (Wildman–Crippen LogP) is 3.91. The van der Waals surface area contributed by atoms with Crippen LogP contribution in [0.3, 0.4) is 0 Å². The van der Waals surface area contributed by atoms with E-state index in [9.17, 15) is 10.1 Å². The van der Waals surface area contributed by atoms with Gasteiger partial charge in [-0.2, -0.15) is 4.98 Å². The molecule has 0 aliphatic carbocycles. The molecule has 0 unspecified atom stereocenters. The van der Waals surface area contributed by atoms with Crippen LogP contribution in [-0.2, 0) is 12.2 Å². The lowest BCUT2D eigenvalue weighted by molar-refractivity contribution is -0.384. The van der Waals surface area contributed by atoms with Gasteiger partial charge in [0.2, 0.25) is 17.6 Å². The summed E-state index contributed by atoms with van der Waals surface area (Å²) in [5.74, 6) is 1.51. The molecule has 2 aromatic heterocycles. The second-order valence-electron chi connectivity index (χ2n) is 5.73. The third kappa shape index (κ3) is 4.23. The average Bonchev–Trinajstić information content (AvgIpc) is 3.37. The first-order valence-corrected chi connectivity index (χ1v) is 9.22. The first-order valence-electron chi connectivity index (χ1n) is 8.24. The van der Waals surface area contributed by atoms with Crippen LogP contribution in [0.15, 0.2) is 68.8 Å². The second kappa shape index (κ2) is 8.01. The van der Waals surface area contributed by atoms with Crippen molar-refractivity contribution in [3.05, 3.63) is 82.1 Å². The lowest BCUT2D eigenvalue weighted by Crippen LogP contribution is -1.89. The molecular formula is C18H13N5O4S. The summed E-state index contributed by atoms with van der Waals surface area (Å²) in [6.45, 7) is 0. The summed E-state index contributed by atoms with van der Waals surface area (Å²) < 4.78 is 10.8. The molecule has 28 heavy (non-hydrogen) atoms. The van der Waals surface area contributed by atoms with Crippen molar-refractivity contribution in [3.8, 4) is 11.4 Å². The topological polar surface area (TPSA) is 121 Å². The molecule has 0 amide bonds. The van der Waals surface area contributed by atoms with Gasteiger partial charge in [0, 0.05) is 17.7 Å². The van der Waals surface area contributed by atoms with Crippen LogP contribution >= 0.6 is 11.8 Å². The van der Waals surface area contributed by atoms with Crippen LogP contribution in [0.1, 0.15) is 17.3 Å². The molecule has 2 aromatic carbocycles. The van der Waals surface area contributed by atoms with E-state index >= 15 is 0 Å². The average molecular weight is 395 g/mol. The standard InChI is InChI=1S/C18H13N5O4S/c24-23(25)14-8-4-7-13(10-14)17-19-16(27-22-17)11-28-18-21-20-15(26-18)9-12-5-2-1-3-6-12/h1-8,10H,9,11H2. The molecule has 0 aliphatic heterocycles. The zero-order chi connectivity index (χ0) is 19.3. The third-order valence-electron chi connectivity index (χ3n) is 3.75. The molecule has 0 radical (unpaired) electrons. The highest BCUT2D eigenvalue weighted by Crippen LogP contribution is 2.25. The van der Waals surface area contributed by atoms with Crippen molar-refractivity contribution < 1.29 is 13.9 Å². The molecule has 4 aromatic rings. The van der Waals surface area contributed by atoms with Crippen LogP contribution in [0, 0.1) is 10.1 Å². The van der Waals surface area contributed by atoms with Crippen molar-refractivity contribution in [2.45, 2.75) is 17.4 Å². The van der Waals surface area contributed by atoms with Crippen molar-refractivity contribution in [3.63, 3.8) is 0 Å². The van der Waals surface area contributed by atoms with Crippen molar-refractivity contribution in [2.75, 3.05) is 0 Å². The van der Waals surface area contributed by atoms with Gasteiger partial charge in [-0.05, 0) is 5.56 Å². The van der Waals surface area contributed by atoms with Crippen LogP contribution in [0.4, 0.5) is 5.69 Å². The number of thioether (sulfide) groups is 1. The molecule has 0 aliphatic rings. The quantitative estimate of drug-likeness (QED) is 0.260. The van der Waals surface area contributed by atoms with Crippen LogP contribution in [-0.4, -0.2) is 25.3 Å². The van der Waals surface area contributed by atoms with E-state index < -0.39 is 4.92 Å². The monoisotopic (exact) mass is 395 g/mol. The number of nitrogens with zero attached hydrogens (tertiary/aromatic N) is 5. The molecule has 0 saturated heterocycles. The van der Waals surface area contributed by atoms with Crippen molar-refractivity contribution >= 4 is 17.4 Å². The molecular weight excluding hydrogens is 382 g/mol. The number of nitro benzene ring substituents is 1. The van der Waals surface area contributed by atoms with Crippen molar-refractivity contribution in [2.24, 2.45) is 0 Å². The van der Waals surface area contributed by atoms with Gasteiger partial charge in [0.05, 0.1) is 17.1 Å². The van der Waals surface area contributed by atoms with Gasteiger partial charge in [-0.3, -0.25) is 10.1 Å². The Morgan fingerprint density at radius 3 is 2.71 bits per heavy atom. The summed E-state index contributed by atoms with van der Waals surface area (Å²) in [5, 5.41) is 23.2. The fourth-order valence-corrected chi connectivity index (χ4v) is 3.07. The van der Waals surface area contributed by atoms with E-state index in [4.69, 9.17) is 8.94 Å². The van der Waals surface area contributed by atoms with E-state index in [1.807, 2.05) is 30.3 Å². The Morgan fingerprint density at radius 2 is 1.89 bits per heavy atom. The maximum atomic E-state index is 10.9. The highest BCUT2D eigenvalue weighted by Gasteiger charge is 2.14. The van der Waals surface area contributed by atoms with Gasteiger partial charge in [0.25, 0.3) is 10.9 Å². The Kier molecular flexibility index (Phi) is 5.11. The molecule has 140 valence electrons. The molecule has 0 fully saturated rings. The number of hydrogen-bond acceptors (Lipinski definition) is 9. The summed E-state index contributed by atoms with van der Waals surface area (Å²) in [4.78, 5) is 14.7. The third-order valence-corrected chi connectivity index (χ3v) is 4.55. The van der Waals surface area contributed by atoms with E-state index in [0.717, 1.165) is 5.56 Å². The lowest BCUT2D eigenvalue weighted by Gasteiger charge is -1.95. The summed E-state index contributed by atoms with van der Waals surface area (Å²) >= 11 is 1.28. The van der Waals surface area contributed by atoms with E-state index in [1.165, 1.54) is 23.9 Å². The summed E-state index contributed by atoms with van der Waals surface area (Å²) in [6.07, 6.45) is 0.561. The predicted molar refractivity (Wildman–Crippen MR) is 99.5 cm³/mol. The van der Waals surface area contributed by atoms with Crippen molar-refractivity contribution in [1.29, 1.82) is 0 Å². The Hall–Kier alpha value is -3.53. The number of aromatic nitrogens is 4. The van der Waals surface area contributed by atoms with E-state index in [0.29, 0.717) is 34.7 Å². The molecule has 9 nitrogen and oxygen atoms in total. The van der Waals surface area contributed by atoms with Gasteiger partial charge in [-0.1, -0.05) is 59.4 Å². The Bertz CT molecular complexity index is 1100. The smallest absolute Gasteiger partial charge is 0.277 e. The fourth-order valence-electron chi connectivity index (χ4n) is 2.45. The Morgan fingerprint density at radius 1 is 1.04 bits per heavy atom. The minimum absolute atomic E-state index is 0.0324. The van der Waals surface area contributed by atoms with Gasteiger partial charge in [0.1, 0.15) is 0 Å². The van der Waals surface area contributed by atoms with Gasteiger partial charge < -0.3 is 8.94 Å². The molecule has 0 atom stereocenters. The molecule has 4 rings (SSSR count). The molecule has 0 spiro atoms. The summed E-state index contributed by atoms with van der Waals surface area (Å²) in [7, 11) is 0. The molecule has 0 saturated carbocycles. The Balaban J connectivity index is 1.39. The first kappa shape index (κ1) is 17.9. The molecule has 0 N–H and O–H groups in total. The Labute approximate surface area is 162 Å². The normalized spacial score (nSPS) is 10.9. The van der Waals surface area contributed by atoms with Crippen molar-refractivity contribution in [1.82, 2.24) is 20.3 Å². The van der Waals surface area contributed by atoms with E-state index in [1.54, 1.807) is 12.1 Å². The molecule has 2 heterocycles. The minimum Gasteiger partial charge on any atom is -0.416 e. The summed E-state index contributed by atoms with van der Waals surface area (Å²) in [5.41, 5.74) is 1.56. The number of nitro groups is 1. The minimum atomic E-state index is -0.469. The van der Waals surface area contributed by atoms with E-state index in [-0.39, 0.29) is 11.5 Å². The molecule has 0 bridgehead atoms. The first-order chi connectivity index (χ1) is 13.7. The van der Waals surface area contributed by atoms with Gasteiger partial charge >= 0.3 is 0 Å². The zero-order valence-electron chi connectivity index (χ0n) is 14.4. The maximum Gasteiger partial charge on any atom is 0.277 e. The summed E-state index contributed by atoms with van der Waals surface area (Å²) in [6, 6.07) is 15.9. The van der Waals surface area contributed by atoms with Gasteiger partial charge in [0.15, 0.2) is 0 Å². The number of non-ortho nitro benzene ring substituents is 1. The SMILES string of the molecule is O=[N+]([O-])c1cccc(-c2noc(CSc3nnc(Cc4ccccc4)o3)n2)c1. The van der Waals surface area contributed by atoms with Crippen LogP contribution < -0.4 is 0 Å². The van der Waals surface area contributed by atoms with Crippen LogP contribution in [0.25, 0.3) is 11.4 Å². The highest BCUT2D eigenvalue weighted by molar-refractivity contribution is 7.98.